The molecule has 2 unspecified atom stereocenters. The Bertz CT molecular complexity index is 883. The molecule has 1 saturated heterocycles. The largest absolute Gasteiger partial charge is 0.493 e. The van der Waals surface area contributed by atoms with Crippen molar-refractivity contribution in [1.82, 2.24) is 0 Å². The molecular weight excluding hydrogens is 376 g/mol. The summed E-state index contributed by atoms with van der Waals surface area (Å²) >= 11 is 0. The Balaban J connectivity index is 1.54. The fourth-order valence-corrected chi connectivity index (χ4v) is 3.93. The number of hydrogen-bond acceptors (Lipinski definition) is 7. The van der Waals surface area contributed by atoms with Gasteiger partial charge in [-0.05, 0) is 48.2 Å². The monoisotopic (exact) mass is 400 g/mol. The van der Waals surface area contributed by atoms with E-state index in [4.69, 9.17) is 28.4 Å². The van der Waals surface area contributed by atoms with Crippen LogP contribution in [0.4, 0.5) is 0 Å². The van der Waals surface area contributed by atoms with E-state index in [2.05, 4.69) is 0 Å². The van der Waals surface area contributed by atoms with Gasteiger partial charge in [-0.1, -0.05) is 6.07 Å². The SMILES string of the molecule is COc1cc(CC2COC(=O)C2Cc2ccc3c(c2)OCO3)cc(OC)c1OC. The Kier molecular flexibility index (Phi) is 5.38. The van der Waals surface area contributed by atoms with Gasteiger partial charge in [0.05, 0.1) is 33.9 Å². The number of ether oxygens (including phenoxy) is 6. The van der Waals surface area contributed by atoms with Gasteiger partial charge in [0.15, 0.2) is 23.0 Å². The van der Waals surface area contributed by atoms with Gasteiger partial charge in [-0.15, -0.1) is 0 Å². The Labute approximate surface area is 169 Å². The highest BCUT2D eigenvalue weighted by atomic mass is 16.7. The van der Waals surface area contributed by atoms with Crippen LogP contribution in [-0.4, -0.2) is 40.7 Å². The van der Waals surface area contributed by atoms with Crippen LogP contribution in [0.3, 0.4) is 0 Å². The van der Waals surface area contributed by atoms with Crippen molar-refractivity contribution in [2.45, 2.75) is 12.8 Å². The first kappa shape index (κ1) is 19.2. The van der Waals surface area contributed by atoms with E-state index in [-0.39, 0.29) is 24.6 Å². The molecule has 0 spiro atoms. The molecule has 2 aliphatic rings. The summed E-state index contributed by atoms with van der Waals surface area (Å²) in [6, 6.07) is 9.62. The molecule has 7 heteroatoms. The second kappa shape index (κ2) is 8.11. The molecule has 7 nitrogen and oxygen atoms in total. The quantitative estimate of drug-likeness (QED) is 0.662. The summed E-state index contributed by atoms with van der Waals surface area (Å²) in [6.45, 7) is 0.624. The van der Waals surface area contributed by atoms with Gasteiger partial charge in [0.1, 0.15) is 0 Å². The lowest BCUT2D eigenvalue weighted by Crippen LogP contribution is -2.20. The Morgan fingerprint density at radius 3 is 2.28 bits per heavy atom. The molecule has 0 N–H and O–H groups in total. The van der Waals surface area contributed by atoms with E-state index >= 15 is 0 Å². The number of carbonyl (C=O) groups is 1. The third kappa shape index (κ3) is 3.77. The zero-order valence-corrected chi connectivity index (χ0v) is 16.7. The molecule has 2 heterocycles. The molecule has 0 aliphatic carbocycles. The lowest BCUT2D eigenvalue weighted by molar-refractivity contribution is -0.141. The average molecular weight is 400 g/mol. The lowest BCUT2D eigenvalue weighted by Gasteiger charge is -2.18. The second-order valence-electron chi connectivity index (χ2n) is 7.13. The minimum atomic E-state index is -0.227. The molecule has 29 heavy (non-hydrogen) atoms. The minimum absolute atomic E-state index is 0.0516. The Morgan fingerprint density at radius 1 is 0.862 bits per heavy atom. The van der Waals surface area contributed by atoms with Crippen LogP contribution in [0.5, 0.6) is 28.7 Å². The summed E-state index contributed by atoms with van der Waals surface area (Å²) in [4.78, 5) is 12.4. The highest BCUT2D eigenvalue weighted by Gasteiger charge is 2.37. The van der Waals surface area contributed by atoms with Gasteiger partial charge in [0.25, 0.3) is 0 Å². The number of cyclic esters (lactones) is 1. The normalized spacial score (nSPS) is 19.8. The standard InChI is InChI=1S/C22H24O7/c1-24-19-9-14(10-20(25-2)21(19)26-3)6-15-11-27-22(23)16(15)7-13-4-5-17-18(8-13)29-12-28-17/h4-5,8-10,15-16H,6-7,11-12H2,1-3H3. The zero-order valence-electron chi connectivity index (χ0n) is 16.7. The number of benzene rings is 2. The predicted octanol–water partition coefficient (Wildman–Crippen LogP) is 3.02. The van der Waals surface area contributed by atoms with Crippen LogP contribution in [0.1, 0.15) is 11.1 Å². The van der Waals surface area contributed by atoms with Gasteiger partial charge in [-0.25, -0.2) is 0 Å². The average Bonchev–Trinajstić information content (AvgIpc) is 3.34. The summed E-state index contributed by atoms with van der Waals surface area (Å²) in [5.74, 6) is 2.85. The van der Waals surface area contributed by atoms with E-state index in [9.17, 15) is 4.79 Å². The zero-order chi connectivity index (χ0) is 20.4. The Hall–Kier alpha value is -3.09. The molecule has 2 aromatic rings. The van der Waals surface area contributed by atoms with E-state index in [1.807, 2.05) is 30.3 Å². The number of esters is 1. The van der Waals surface area contributed by atoms with Gasteiger partial charge >= 0.3 is 5.97 Å². The van der Waals surface area contributed by atoms with E-state index in [1.165, 1.54) is 0 Å². The molecular formula is C22H24O7. The number of rotatable bonds is 7. The van der Waals surface area contributed by atoms with Gasteiger partial charge in [-0.2, -0.15) is 0 Å². The molecule has 4 rings (SSSR count). The van der Waals surface area contributed by atoms with Crippen LogP contribution in [0.2, 0.25) is 0 Å². The first-order valence-electron chi connectivity index (χ1n) is 9.47. The van der Waals surface area contributed by atoms with Crippen LogP contribution in [-0.2, 0) is 22.4 Å². The van der Waals surface area contributed by atoms with E-state index in [0.29, 0.717) is 36.7 Å². The fraction of sp³-hybridized carbons (Fsp3) is 0.409. The molecule has 2 aliphatic heterocycles. The van der Waals surface area contributed by atoms with Gasteiger partial charge in [-0.3, -0.25) is 4.79 Å². The maximum atomic E-state index is 12.4. The topological polar surface area (TPSA) is 72.5 Å². The minimum Gasteiger partial charge on any atom is -0.493 e. The van der Waals surface area contributed by atoms with Crippen molar-refractivity contribution in [2.75, 3.05) is 34.7 Å². The van der Waals surface area contributed by atoms with E-state index in [1.54, 1.807) is 21.3 Å². The molecule has 1 fully saturated rings. The Morgan fingerprint density at radius 2 is 1.59 bits per heavy atom. The van der Waals surface area contributed by atoms with Crippen LogP contribution in [0, 0.1) is 11.8 Å². The van der Waals surface area contributed by atoms with Gasteiger partial charge in [0, 0.05) is 5.92 Å². The lowest BCUT2D eigenvalue weighted by atomic mass is 9.85. The van der Waals surface area contributed by atoms with Crippen molar-refractivity contribution in [3.8, 4) is 28.7 Å². The molecule has 0 amide bonds. The van der Waals surface area contributed by atoms with Crippen LogP contribution in [0.25, 0.3) is 0 Å². The summed E-state index contributed by atoms with van der Waals surface area (Å²) in [5, 5.41) is 0. The van der Waals surface area contributed by atoms with E-state index in [0.717, 1.165) is 22.6 Å². The van der Waals surface area contributed by atoms with Gasteiger partial charge in [0.2, 0.25) is 12.5 Å². The molecule has 0 saturated carbocycles. The first-order valence-corrected chi connectivity index (χ1v) is 9.47. The number of carbonyl (C=O) groups excluding carboxylic acids is 1. The van der Waals surface area contributed by atoms with E-state index < -0.39 is 0 Å². The predicted molar refractivity (Wildman–Crippen MR) is 104 cm³/mol. The smallest absolute Gasteiger partial charge is 0.309 e. The van der Waals surface area contributed by atoms with Crippen molar-refractivity contribution in [2.24, 2.45) is 11.8 Å². The van der Waals surface area contributed by atoms with Crippen LogP contribution in [0.15, 0.2) is 30.3 Å². The molecule has 0 bridgehead atoms. The molecule has 154 valence electrons. The van der Waals surface area contributed by atoms with Crippen LogP contribution < -0.4 is 23.7 Å². The third-order valence-electron chi connectivity index (χ3n) is 5.43. The first-order chi connectivity index (χ1) is 14.1. The van der Waals surface area contributed by atoms with Crippen LogP contribution >= 0.6 is 0 Å². The van der Waals surface area contributed by atoms with Crippen molar-refractivity contribution < 1.29 is 33.2 Å². The maximum absolute atomic E-state index is 12.4. The highest BCUT2D eigenvalue weighted by Crippen LogP contribution is 2.40. The van der Waals surface area contributed by atoms with Crippen molar-refractivity contribution in [3.63, 3.8) is 0 Å². The van der Waals surface area contributed by atoms with Gasteiger partial charge < -0.3 is 28.4 Å². The summed E-state index contributed by atoms with van der Waals surface area (Å²) in [5.41, 5.74) is 2.02. The number of fused-ring (bicyclic) bond motifs is 1. The molecule has 0 radical (unpaired) electrons. The number of hydrogen-bond donors (Lipinski definition) is 0. The van der Waals surface area contributed by atoms with Crippen molar-refractivity contribution in [1.29, 1.82) is 0 Å². The molecule has 2 aromatic carbocycles. The summed E-state index contributed by atoms with van der Waals surface area (Å²) in [7, 11) is 4.75. The summed E-state index contributed by atoms with van der Waals surface area (Å²) in [6.07, 6.45) is 1.25. The second-order valence-corrected chi connectivity index (χ2v) is 7.13. The van der Waals surface area contributed by atoms with Crippen molar-refractivity contribution in [3.05, 3.63) is 41.5 Å². The highest BCUT2D eigenvalue weighted by molar-refractivity contribution is 5.75. The molecule has 2 atom stereocenters. The number of methoxy groups -OCH3 is 3. The summed E-state index contributed by atoms with van der Waals surface area (Å²) < 4.78 is 32.5. The van der Waals surface area contributed by atoms with Crippen molar-refractivity contribution >= 4 is 5.97 Å². The fourth-order valence-electron chi connectivity index (χ4n) is 3.93. The molecule has 0 aromatic heterocycles. The third-order valence-corrected chi connectivity index (χ3v) is 5.43. The maximum Gasteiger partial charge on any atom is 0.309 e.